The number of hydrogen-bond donors (Lipinski definition) is 2. The topological polar surface area (TPSA) is 74.2 Å². The molecule has 1 atom stereocenters. The monoisotopic (exact) mass is 617 g/mol. The Morgan fingerprint density at radius 1 is 1.07 bits per heavy atom. The van der Waals surface area contributed by atoms with Crippen molar-refractivity contribution in [3.63, 3.8) is 0 Å². The van der Waals surface area contributed by atoms with Crippen molar-refractivity contribution in [2.75, 3.05) is 19.7 Å². The summed E-state index contributed by atoms with van der Waals surface area (Å²) in [7, 11) is 0. The molecule has 6 nitrogen and oxygen atoms in total. The van der Waals surface area contributed by atoms with Gasteiger partial charge in [-0.15, -0.1) is 11.3 Å². The molecule has 0 radical (unpaired) electrons. The van der Waals surface area contributed by atoms with Crippen LogP contribution in [0.2, 0.25) is 10.0 Å². The quantitative estimate of drug-likeness (QED) is 0.137. The molecule has 2 N–H and O–H groups in total. The standard InChI is InChI=1S/C33H27Cl2N3O3S.H2/c34-24-9-5-21(6-10-24)32-27-14-18-42-31(27)13-15-38(32)16-17-41-30-12-8-23(25-3-1-2-4-26(25)30)20-36-37-33(40)22-7-11-29(39)28(35)19-22;/h1-12,14,18-20,32,39H,13,15-17H2,(H,37,40);1H/b36-20+;. The van der Waals surface area contributed by atoms with Gasteiger partial charge < -0.3 is 9.84 Å². The van der Waals surface area contributed by atoms with Gasteiger partial charge in [-0.3, -0.25) is 9.69 Å². The number of phenolic OH excluding ortho intramolecular Hbond substituents is 1. The number of phenols is 1. The Morgan fingerprint density at radius 2 is 1.88 bits per heavy atom. The lowest BCUT2D eigenvalue weighted by molar-refractivity contribution is 0.0955. The van der Waals surface area contributed by atoms with E-state index in [2.05, 4.69) is 39.0 Å². The third-order valence-electron chi connectivity index (χ3n) is 7.38. The predicted molar refractivity (Wildman–Crippen MR) is 173 cm³/mol. The highest BCUT2D eigenvalue weighted by molar-refractivity contribution is 7.10. The number of ether oxygens (including phenoxy) is 1. The molecule has 1 aliphatic heterocycles. The molecule has 0 aliphatic carbocycles. The summed E-state index contributed by atoms with van der Waals surface area (Å²) in [6.07, 6.45) is 2.64. The molecule has 9 heteroatoms. The van der Waals surface area contributed by atoms with E-state index in [1.165, 1.54) is 34.2 Å². The highest BCUT2D eigenvalue weighted by atomic mass is 35.5. The van der Waals surface area contributed by atoms with Crippen LogP contribution in [0.15, 0.2) is 95.4 Å². The third kappa shape index (κ3) is 6.01. The van der Waals surface area contributed by atoms with E-state index in [1.807, 2.05) is 59.9 Å². The van der Waals surface area contributed by atoms with E-state index in [4.69, 9.17) is 27.9 Å². The largest absolute Gasteiger partial charge is 0.506 e. The molecule has 1 aromatic heterocycles. The van der Waals surface area contributed by atoms with Gasteiger partial charge in [-0.25, -0.2) is 5.43 Å². The summed E-state index contributed by atoms with van der Waals surface area (Å²) in [5.74, 6) is 0.280. The van der Waals surface area contributed by atoms with Gasteiger partial charge in [0.15, 0.2) is 0 Å². The van der Waals surface area contributed by atoms with Crippen molar-refractivity contribution in [2.45, 2.75) is 12.5 Å². The zero-order chi connectivity index (χ0) is 29.1. The molecule has 1 amide bonds. The minimum Gasteiger partial charge on any atom is -0.506 e. The highest BCUT2D eigenvalue weighted by Gasteiger charge is 2.29. The number of nitrogens with zero attached hydrogens (tertiary/aromatic N) is 2. The molecule has 0 saturated carbocycles. The average Bonchev–Trinajstić information content (AvgIpc) is 3.49. The average molecular weight is 619 g/mol. The lowest BCUT2D eigenvalue weighted by Crippen LogP contribution is -2.38. The Labute approximate surface area is 259 Å². The number of nitrogens with one attached hydrogen (secondary N) is 1. The number of thiophene rings is 1. The zero-order valence-corrected chi connectivity index (χ0v) is 24.8. The third-order valence-corrected chi connectivity index (χ3v) is 8.94. The van der Waals surface area contributed by atoms with Gasteiger partial charge in [0.25, 0.3) is 5.91 Å². The van der Waals surface area contributed by atoms with Crippen LogP contribution in [-0.4, -0.2) is 41.8 Å². The van der Waals surface area contributed by atoms with Crippen molar-refractivity contribution in [1.29, 1.82) is 0 Å². The second-order valence-electron chi connectivity index (χ2n) is 9.95. The Morgan fingerprint density at radius 3 is 2.69 bits per heavy atom. The number of hydrazone groups is 1. The number of benzene rings is 4. The van der Waals surface area contributed by atoms with Gasteiger partial charge in [-0.05, 0) is 76.8 Å². The summed E-state index contributed by atoms with van der Waals surface area (Å²) >= 11 is 13.9. The summed E-state index contributed by atoms with van der Waals surface area (Å²) < 4.78 is 6.36. The number of carbonyl (C=O) groups is 1. The maximum absolute atomic E-state index is 12.5. The van der Waals surface area contributed by atoms with E-state index in [0.29, 0.717) is 12.2 Å². The number of fused-ring (bicyclic) bond motifs is 2. The first-order valence-electron chi connectivity index (χ1n) is 13.5. The van der Waals surface area contributed by atoms with E-state index in [1.54, 1.807) is 6.21 Å². The molecule has 214 valence electrons. The smallest absolute Gasteiger partial charge is 0.271 e. The van der Waals surface area contributed by atoms with Crippen molar-refractivity contribution >= 4 is 57.4 Å². The van der Waals surface area contributed by atoms with E-state index in [-0.39, 0.29) is 18.2 Å². The minimum atomic E-state index is -0.429. The van der Waals surface area contributed by atoms with E-state index in [9.17, 15) is 9.90 Å². The normalized spacial score (nSPS) is 15.1. The molecular weight excluding hydrogens is 589 g/mol. The fraction of sp³-hybridized carbons (Fsp3) is 0.152. The van der Waals surface area contributed by atoms with Gasteiger partial charge in [0.2, 0.25) is 0 Å². The number of amides is 1. The molecule has 1 aliphatic rings. The Bertz CT molecular complexity index is 1780. The predicted octanol–water partition coefficient (Wildman–Crippen LogP) is 7.95. The molecule has 2 heterocycles. The summed E-state index contributed by atoms with van der Waals surface area (Å²) in [6, 6.07) is 26.6. The second-order valence-corrected chi connectivity index (χ2v) is 11.8. The van der Waals surface area contributed by atoms with Crippen molar-refractivity contribution in [3.8, 4) is 11.5 Å². The lowest BCUT2D eigenvalue weighted by Gasteiger charge is -2.36. The maximum Gasteiger partial charge on any atom is 0.271 e. The first-order chi connectivity index (χ1) is 20.5. The number of hydrogen-bond acceptors (Lipinski definition) is 6. The maximum atomic E-state index is 12.5. The summed E-state index contributed by atoms with van der Waals surface area (Å²) in [5, 5.41) is 18.7. The van der Waals surface area contributed by atoms with Crippen molar-refractivity contribution in [3.05, 3.63) is 127 Å². The lowest BCUT2D eigenvalue weighted by atomic mass is 9.93. The number of aromatic hydroxyl groups is 1. The SMILES string of the molecule is O=C(N/N=C/c1ccc(OCCN2CCc3sccc3C2c2ccc(Cl)cc2)c2ccccc12)c1ccc(O)c(Cl)c1.[HH]. The van der Waals surface area contributed by atoms with Crippen LogP contribution in [0.25, 0.3) is 10.8 Å². The first-order valence-corrected chi connectivity index (χ1v) is 15.1. The van der Waals surface area contributed by atoms with Crippen LogP contribution >= 0.6 is 34.5 Å². The summed E-state index contributed by atoms with van der Waals surface area (Å²) in [6.45, 7) is 2.27. The van der Waals surface area contributed by atoms with Crippen molar-refractivity contribution in [1.82, 2.24) is 10.3 Å². The number of halogens is 2. The molecule has 6 rings (SSSR count). The van der Waals surface area contributed by atoms with E-state index in [0.717, 1.165) is 46.6 Å². The van der Waals surface area contributed by atoms with Crippen LogP contribution in [0.4, 0.5) is 0 Å². The van der Waals surface area contributed by atoms with Gasteiger partial charge in [0.1, 0.15) is 18.1 Å². The molecule has 0 fully saturated rings. The molecule has 0 bridgehead atoms. The Hall–Kier alpha value is -3.88. The second kappa shape index (κ2) is 12.5. The van der Waals surface area contributed by atoms with Crippen LogP contribution in [0.1, 0.15) is 39.4 Å². The molecule has 1 unspecified atom stereocenters. The molecular formula is C33H29Cl2N3O3S. The first kappa shape index (κ1) is 28.2. The van der Waals surface area contributed by atoms with Crippen LogP contribution in [-0.2, 0) is 6.42 Å². The summed E-state index contributed by atoms with van der Waals surface area (Å²) in [5.41, 5.74) is 6.25. The van der Waals surface area contributed by atoms with Crippen LogP contribution in [0, 0.1) is 0 Å². The van der Waals surface area contributed by atoms with Crippen LogP contribution in [0.5, 0.6) is 11.5 Å². The van der Waals surface area contributed by atoms with Gasteiger partial charge in [-0.2, -0.15) is 5.10 Å². The molecule has 0 spiro atoms. The number of rotatable bonds is 8. The van der Waals surface area contributed by atoms with Crippen molar-refractivity contribution < 1.29 is 16.1 Å². The highest BCUT2D eigenvalue weighted by Crippen LogP contribution is 2.38. The van der Waals surface area contributed by atoms with Gasteiger partial charge >= 0.3 is 0 Å². The van der Waals surface area contributed by atoms with Crippen molar-refractivity contribution in [2.24, 2.45) is 5.10 Å². The molecule has 42 heavy (non-hydrogen) atoms. The van der Waals surface area contributed by atoms with Gasteiger partial charge in [0.05, 0.1) is 17.3 Å². The zero-order valence-electron chi connectivity index (χ0n) is 22.5. The van der Waals surface area contributed by atoms with E-state index < -0.39 is 5.91 Å². The molecule has 5 aromatic rings. The fourth-order valence-corrected chi connectivity index (χ4v) is 6.53. The molecule has 0 saturated heterocycles. The van der Waals surface area contributed by atoms with Crippen LogP contribution < -0.4 is 10.2 Å². The summed E-state index contributed by atoms with van der Waals surface area (Å²) in [4.78, 5) is 16.4. The fourth-order valence-electron chi connectivity index (χ4n) is 5.32. The Kier molecular flexibility index (Phi) is 8.44. The van der Waals surface area contributed by atoms with Gasteiger partial charge in [-0.1, -0.05) is 59.6 Å². The number of carbonyl (C=O) groups excluding carboxylic acids is 1. The molecule has 4 aromatic carbocycles. The Balaban J connectivity index is 0.00000368. The van der Waals surface area contributed by atoms with Gasteiger partial charge in [0, 0.05) is 40.9 Å². The minimum absolute atomic E-state index is 0. The van der Waals surface area contributed by atoms with E-state index >= 15 is 0 Å². The van der Waals surface area contributed by atoms with Crippen LogP contribution in [0.3, 0.4) is 0 Å².